The molecule has 2 aromatic heterocycles. The van der Waals surface area contributed by atoms with Crippen molar-refractivity contribution >= 4 is 11.9 Å². The van der Waals surface area contributed by atoms with Crippen molar-refractivity contribution in [3.63, 3.8) is 0 Å². The van der Waals surface area contributed by atoms with Gasteiger partial charge < -0.3 is 30.0 Å². The van der Waals surface area contributed by atoms with Gasteiger partial charge in [0.25, 0.3) is 0 Å². The quantitative estimate of drug-likeness (QED) is 0.401. The smallest absolute Gasteiger partial charge is 0.230 e. The zero-order valence-electron chi connectivity index (χ0n) is 21.8. The molecular formula is C26H34FN7O3. The zero-order chi connectivity index (χ0) is 26.6. The number of benzene rings is 1. The minimum Gasteiger partial charge on any atom is -0.354 e. The van der Waals surface area contributed by atoms with Gasteiger partial charge in [-0.1, -0.05) is 0 Å². The fraction of sp³-hybridized carbons (Fsp3) is 0.462. The van der Waals surface area contributed by atoms with E-state index >= 15 is 0 Å². The van der Waals surface area contributed by atoms with Crippen molar-refractivity contribution in [1.29, 1.82) is 0 Å². The minimum atomic E-state index is -0.817. The molecule has 198 valence electrons. The topological polar surface area (TPSA) is 117 Å². The number of imidazole rings is 1. The fourth-order valence-electron chi connectivity index (χ4n) is 3.84. The Morgan fingerprint density at radius 2 is 1.89 bits per heavy atom. The lowest BCUT2D eigenvalue weighted by atomic mass is 9.91. The molecule has 4 rings (SSSR count). The third kappa shape index (κ3) is 6.48. The van der Waals surface area contributed by atoms with Crippen LogP contribution in [0.25, 0.3) is 22.6 Å². The van der Waals surface area contributed by atoms with Crippen LogP contribution in [0, 0.1) is 11.2 Å². The molecular weight excluding hydrogens is 477 g/mol. The van der Waals surface area contributed by atoms with Crippen molar-refractivity contribution in [3.05, 3.63) is 48.2 Å². The first-order valence-corrected chi connectivity index (χ1v) is 12.3. The molecule has 0 aliphatic carbocycles. The Balaban J connectivity index is 1.58. The molecule has 10 nitrogen and oxygen atoms in total. The summed E-state index contributed by atoms with van der Waals surface area (Å²) in [4.78, 5) is 31.7. The number of hydrogen-bond donors (Lipinski definition) is 3. The van der Waals surface area contributed by atoms with Gasteiger partial charge in [0, 0.05) is 30.9 Å². The number of halogens is 1. The van der Waals surface area contributed by atoms with E-state index in [9.17, 15) is 9.18 Å². The van der Waals surface area contributed by atoms with E-state index in [1.54, 1.807) is 24.4 Å². The Bertz CT molecular complexity index is 1210. The van der Waals surface area contributed by atoms with Gasteiger partial charge in [0.15, 0.2) is 5.82 Å². The Hall–Kier alpha value is -3.41. The maximum absolute atomic E-state index is 13.6. The Labute approximate surface area is 216 Å². The van der Waals surface area contributed by atoms with E-state index in [2.05, 4.69) is 25.6 Å². The SMILES string of the molecule is CC(C)Nc1nccc(-c2[nH]c(C3OCC(C)(C(=O)NCCN(C)C)CO3)nc2-c2ccc(F)cc2)n1. The van der Waals surface area contributed by atoms with Crippen molar-refractivity contribution in [1.82, 2.24) is 30.2 Å². The second kappa shape index (κ2) is 11.3. The molecule has 1 aromatic carbocycles. The third-order valence-electron chi connectivity index (χ3n) is 5.89. The summed E-state index contributed by atoms with van der Waals surface area (Å²) in [7, 11) is 3.90. The number of nitrogens with zero attached hydrogens (tertiary/aromatic N) is 4. The van der Waals surface area contributed by atoms with Crippen molar-refractivity contribution in [3.8, 4) is 22.6 Å². The molecule has 3 aromatic rings. The molecule has 0 bridgehead atoms. The van der Waals surface area contributed by atoms with E-state index in [-0.39, 0.29) is 31.0 Å². The summed E-state index contributed by atoms with van der Waals surface area (Å²) >= 11 is 0. The Morgan fingerprint density at radius 1 is 1.19 bits per heavy atom. The highest BCUT2D eigenvalue weighted by molar-refractivity contribution is 5.82. The van der Waals surface area contributed by atoms with E-state index in [4.69, 9.17) is 14.5 Å². The van der Waals surface area contributed by atoms with Gasteiger partial charge in [0.1, 0.15) is 5.82 Å². The number of anilines is 1. The van der Waals surface area contributed by atoms with Crippen LogP contribution in [0.4, 0.5) is 10.3 Å². The number of aromatic nitrogens is 4. The number of rotatable bonds is 9. The standard InChI is InChI=1S/C26H34FN7O3/c1-16(2)30-25-29-11-10-19(31-25)21-20(17-6-8-18(27)9-7-17)32-22(33-21)23-36-14-26(3,15-37-23)24(35)28-12-13-34(4)5/h6-11,16,23H,12-15H2,1-5H3,(H,28,35)(H,32,33)(H,29,30,31). The summed E-state index contributed by atoms with van der Waals surface area (Å²) in [6.07, 6.45) is 0.862. The van der Waals surface area contributed by atoms with Crippen molar-refractivity contribution in [2.75, 3.05) is 45.7 Å². The van der Waals surface area contributed by atoms with Crippen LogP contribution >= 0.6 is 0 Å². The van der Waals surface area contributed by atoms with E-state index in [1.807, 2.05) is 39.8 Å². The lowest BCUT2D eigenvalue weighted by Gasteiger charge is -2.35. The molecule has 37 heavy (non-hydrogen) atoms. The molecule has 3 heterocycles. The summed E-state index contributed by atoms with van der Waals surface area (Å²) in [5.74, 6) is 0.455. The summed E-state index contributed by atoms with van der Waals surface area (Å²) in [5, 5.41) is 6.14. The monoisotopic (exact) mass is 511 g/mol. The predicted octanol–water partition coefficient (Wildman–Crippen LogP) is 3.22. The summed E-state index contributed by atoms with van der Waals surface area (Å²) < 4.78 is 25.6. The predicted molar refractivity (Wildman–Crippen MR) is 138 cm³/mol. The number of carbonyl (C=O) groups is 1. The normalized spacial score (nSPS) is 19.8. The summed E-state index contributed by atoms with van der Waals surface area (Å²) in [6.45, 7) is 7.44. The number of ether oxygens (including phenoxy) is 2. The highest BCUT2D eigenvalue weighted by atomic mass is 19.1. The lowest BCUT2D eigenvalue weighted by Crippen LogP contribution is -2.49. The average molecular weight is 512 g/mol. The molecule has 11 heteroatoms. The first kappa shape index (κ1) is 26.6. The molecule has 0 spiro atoms. The Kier molecular flexibility index (Phi) is 8.16. The van der Waals surface area contributed by atoms with Gasteiger partial charge >= 0.3 is 0 Å². The summed E-state index contributed by atoms with van der Waals surface area (Å²) in [5.41, 5.74) is 1.69. The maximum Gasteiger partial charge on any atom is 0.230 e. The largest absolute Gasteiger partial charge is 0.354 e. The van der Waals surface area contributed by atoms with Gasteiger partial charge in [-0.15, -0.1) is 0 Å². The number of nitrogens with one attached hydrogen (secondary N) is 3. The van der Waals surface area contributed by atoms with Crippen LogP contribution < -0.4 is 10.6 Å². The van der Waals surface area contributed by atoms with Crippen LogP contribution in [0.2, 0.25) is 0 Å². The zero-order valence-corrected chi connectivity index (χ0v) is 21.8. The number of likely N-dealkylation sites (N-methyl/N-ethyl adjacent to an activating group) is 1. The van der Waals surface area contributed by atoms with Crippen LogP contribution in [-0.2, 0) is 14.3 Å². The van der Waals surface area contributed by atoms with Crippen molar-refractivity contribution < 1.29 is 18.7 Å². The fourth-order valence-corrected chi connectivity index (χ4v) is 3.84. The van der Waals surface area contributed by atoms with Crippen molar-refractivity contribution in [2.24, 2.45) is 5.41 Å². The molecule has 1 aliphatic heterocycles. The van der Waals surface area contributed by atoms with Gasteiger partial charge in [-0.2, -0.15) is 0 Å². The molecule has 0 radical (unpaired) electrons. The van der Waals surface area contributed by atoms with Gasteiger partial charge in [0.05, 0.1) is 35.7 Å². The molecule has 0 unspecified atom stereocenters. The highest BCUT2D eigenvalue weighted by Crippen LogP contribution is 2.35. The molecule has 1 amide bonds. The van der Waals surface area contributed by atoms with E-state index in [0.717, 1.165) is 6.54 Å². The second-order valence-corrected chi connectivity index (χ2v) is 9.99. The van der Waals surface area contributed by atoms with Crippen LogP contribution in [-0.4, -0.2) is 77.2 Å². The molecule has 1 aliphatic rings. The van der Waals surface area contributed by atoms with Crippen LogP contribution in [0.3, 0.4) is 0 Å². The summed E-state index contributed by atoms with van der Waals surface area (Å²) in [6, 6.07) is 8.01. The first-order valence-electron chi connectivity index (χ1n) is 12.3. The third-order valence-corrected chi connectivity index (χ3v) is 5.89. The van der Waals surface area contributed by atoms with E-state index < -0.39 is 11.7 Å². The second-order valence-electron chi connectivity index (χ2n) is 9.99. The molecule has 0 atom stereocenters. The van der Waals surface area contributed by atoms with Gasteiger partial charge in [-0.25, -0.2) is 19.3 Å². The average Bonchev–Trinajstić information content (AvgIpc) is 3.30. The molecule has 1 saturated heterocycles. The minimum absolute atomic E-state index is 0.119. The Morgan fingerprint density at radius 3 is 2.54 bits per heavy atom. The number of H-pyrrole nitrogens is 1. The molecule has 1 fully saturated rings. The van der Waals surface area contributed by atoms with Gasteiger partial charge in [-0.3, -0.25) is 4.79 Å². The number of aromatic amines is 1. The lowest BCUT2D eigenvalue weighted by molar-refractivity contribution is -0.231. The van der Waals surface area contributed by atoms with E-state index in [1.165, 1.54) is 12.1 Å². The van der Waals surface area contributed by atoms with E-state index in [0.29, 0.717) is 41.0 Å². The number of carbonyl (C=O) groups excluding carboxylic acids is 1. The molecule has 3 N–H and O–H groups in total. The van der Waals surface area contributed by atoms with Crippen molar-refractivity contribution in [2.45, 2.75) is 33.1 Å². The number of amides is 1. The van der Waals surface area contributed by atoms with Gasteiger partial charge in [0.2, 0.25) is 18.1 Å². The highest BCUT2D eigenvalue weighted by Gasteiger charge is 2.40. The molecule has 0 saturated carbocycles. The number of hydrogen-bond acceptors (Lipinski definition) is 8. The first-order chi connectivity index (χ1) is 17.6. The van der Waals surface area contributed by atoms with Gasteiger partial charge in [-0.05, 0) is 65.2 Å². The maximum atomic E-state index is 13.6. The van der Waals surface area contributed by atoms with Crippen LogP contribution in [0.15, 0.2) is 36.5 Å². The van der Waals surface area contributed by atoms with Crippen LogP contribution in [0.1, 0.15) is 32.9 Å². The van der Waals surface area contributed by atoms with Crippen LogP contribution in [0.5, 0.6) is 0 Å².